The third-order valence-corrected chi connectivity index (χ3v) is 4.06. The summed E-state index contributed by atoms with van der Waals surface area (Å²) < 4.78 is 38.1. The molecule has 138 valence electrons. The van der Waals surface area contributed by atoms with E-state index in [1.165, 1.54) is 18.3 Å². The van der Waals surface area contributed by atoms with Gasteiger partial charge in [-0.1, -0.05) is 6.07 Å². The van der Waals surface area contributed by atoms with Crippen molar-refractivity contribution < 1.29 is 22.8 Å². The van der Waals surface area contributed by atoms with Crippen molar-refractivity contribution in [3.63, 3.8) is 0 Å². The Labute approximate surface area is 148 Å². The van der Waals surface area contributed by atoms with Crippen LogP contribution < -0.4 is 11.1 Å². The molecule has 26 heavy (non-hydrogen) atoms. The standard InChI is InChI=1S/C17H17F3N4O2/c18-17(19,20)13-2-1-3-14(8-13)23-16(26)12(9-21)10-24-6-4-11(5-7-24)15(22)25/h1-3,8,10-11H,4-7H2,(H2,22,25)(H,23,26)/b12-10-. The number of nitrogens with zero attached hydrogens (tertiary/aromatic N) is 2. The number of carbonyl (C=O) groups excluding carboxylic acids is 2. The molecule has 1 aromatic carbocycles. The number of benzene rings is 1. The second kappa shape index (κ2) is 7.91. The molecule has 3 N–H and O–H groups in total. The maximum atomic E-state index is 12.7. The summed E-state index contributed by atoms with van der Waals surface area (Å²) in [6.45, 7) is 0.908. The van der Waals surface area contributed by atoms with Crippen LogP contribution in [0.3, 0.4) is 0 Å². The number of hydrogen-bond acceptors (Lipinski definition) is 4. The molecule has 1 aromatic rings. The van der Waals surface area contributed by atoms with E-state index < -0.39 is 17.6 Å². The molecule has 1 saturated heterocycles. The molecule has 0 aliphatic carbocycles. The molecule has 0 unspecified atom stereocenters. The molecule has 1 heterocycles. The first-order valence-corrected chi connectivity index (χ1v) is 7.84. The Morgan fingerprint density at radius 3 is 2.50 bits per heavy atom. The minimum absolute atomic E-state index is 0.0570. The molecule has 9 heteroatoms. The van der Waals surface area contributed by atoms with Crippen molar-refractivity contribution in [2.24, 2.45) is 11.7 Å². The van der Waals surface area contributed by atoms with Crippen molar-refractivity contribution in [3.8, 4) is 6.07 Å². The van der Waals surface area contributed by atoms with Crippen LogP contribution in [0.25, 0.3) is 0 Å². The molecule has 0 atom stereocenters. The first-order chi connectivity index (χ1) is 12.2. The predicted molar refractivity (Wildman–Crippen MR) is 87.3 cm³/mol. The zero-order valence-corrected chi connectivity index (χ0v) is 13.7. The van der Waals surface area contributed by atoms with E-state index in [2.05, 4.69) is 5.32 Å². The Hall–Kier alpha value is -3.02. The molecule has 6 nitrogen and oxygen atoms in total. The van der Waals surface area contributed by atoms with Gasteiger partial charge in [-0.05, 0) is 31.0 Å². The number of alkyl halides is 3. The van der Waals surface area contributed by atoms with Crippen LogP contribution in [0.4, 0.5) is 18.9 Å². The van der Waals surface area contributed by atoms with Gasteiger partial charge in [-0.25, -0.2) is 0 Å². The maximum Gasteiger partial charge on any atom is 0.416 e. The molecule has 0 saturated carbocycles. The average Bonchev–Trinajstić information content (AvgIpc) is 2.59. The van der Waals surface area contributed by atoms with Crippen LogP contribution >= 0.6 is 0 Å². The molecule has 0 aromatic heterocycles. The molecule has 2 rings (SSSR count). The lowest BCUT2D eigenvalue weighted by atomic mass is 9.96. The summed E-state index contributed by atoms with van der Waals surface area (Å²) in [7, 11) is 0. The Morgan fingerprint density at radius 1 is 1.31 bits per heavy atom. The fourth-order valence-corrected chi connectivity index (χ4v) is 2.61. The van der Waals surface area contributed by atoms with E-state index in [9.17, 15) is 22.8 Å². The van der Waals surface area contributed by atoms with Crippen LogP contribution in [-0.4, -0.2) is 29.8 Å². The Balaban J connectivity index is 2.06. The van der Waals surface area contributed by atoms with Crippen molar-refractivity contribution in [1.82, 2.24) is 4.90 Å². The molecule has 0 spiro atoms. The monoisotopic (exact) mass is 366 g/mol. The van der Waals surface area contributed by atoms with Gasteiger partial charge in [-0.15, -0.1) is 0 Å². The van der Waals surface area contributed by atoms with Gasteiger partial charge >= 0.3 is 6.18 Å². The van der Waals surface area contributed by atoms with Crippen LogP contribution in [0.5, 0.6) is 0 Å². The van der Waals surface area contributed by atoms with Gasteiger partial charge in [0.15, 0.2) is 0 Å². The normalized spacial score (nSPS) is 16.1. The Kier molecular flexibility index (Phi) is 5.87. The van der Waals surface area contributed by atoms with E-state index >= 15 is 0 Å². The number of amides is 2. The number of nitrogens with one attached hydrogen (secondary N) is 1. The second-order valence-corrected chi connectivity index (χ2v) is 5.90. The molecule has 1 aliphatic rings. The van der Waals surface area contributed by atoms with E-state index in [4.69, 9.17) is 11.0 Å². The Bertz CT molecular complexity index is 760. The second-order valence-electron chi connectivity index (χ2n) is 5.90. The van der Waals surface area contributed by atoms with Crippen LogP contribution in [0.1, 0.15) is 18.4 Å². The summed E-state index contributed by atoms with van der Waals surface area (Å²) in [4.78, 5) is 25.0. The number of primary amides is 1. The van der Waals surface area contributed by atoms with Gasteiger partial charge in [-0.3, -0.25) is 9.59 Å². The molecular formula is C17H17F3N4O2. The van der Waals surface area contributed by atoms with Crippen LogP contribution in [0.2, 0.25) is 0 Å². The van der Waals surface area contributed by atoms with Gasteiger partial charge in [-0.2, -0.15) is 18.4 Å². The third-order valence-electron chi connectivity index (χ3n) is 4.06. The average molecular weight is 366 g/mol. The number of nitrogens with two attached hydrogens (primary N) is 1. The molecule has 1 aliphatic heterocycles. The lowest BCUT2D eigenvalue weighted by Crippen LogP contribution is -2.36. The van der Waals surface area contributed by atoms with Gasteiger partial charge in [0.1, 0.15) is 11.6 Å². The summed E-state index contributed by atoms with van der Waals surface area (Å²) in [5.41, 5.74) is 4.06. The van der Waals surface area contributed by atoms with Crippen LogP contribution in [0, 0.1) is 17.2 Å². The number of anilines is 1. The summed E-state index contributed by atoms with van der Waals surface area (Å²) in [6, 6.07) is 5.90. The SMILES string of the molecule is N#C/C(=C/N1CCC(C(N)=O)CC1)C(=O)Nc1cccc(C(F)(F)F)c1. The Morgan fingerprint density at radius 2 is 1.96 bits per heavy atom. The highest BCUT2D eigenvalue weighted by atomic mass is 19.4. The minimum atomic E-state index is -4.53. The first kappa shape index (κ1) is 19.3. The van der Waals surface area contributed by atoms with Gasteiger partial charge in [0.05, 0.1) is 5.56 Å². The topological polar surface area (TPSA) is 99.2 Å². The van der Waals surface area contributed by atoms with E-state index in [0.717, 1.165) is 12.1 Å². The number of carbonyl (C=O) groups is 2. The number of hydrogen-bond donors (Lipinski definition) is 2. The number of rotatable bonds is 4. The molecule has 0 radical (unpaired) electrons. The van der Waals surface area contributed by atoms with Crippen molar-refractivity contribution in [3.05, 3.63) is 41.6 Å². The van der Waals surface area contributed by atoms with E-state index in [1.807, 2.05) is 0 Å². The third kappa shape index (κ3) is 4.99. The molecule has 2 amide bonds. The highest BCUT2D eigenvalue weighted by molar-refractivity contribution is 6.06. The molecular weight excluding hydrogens is 349 g/mol. The van der Waals surface area contributed by atoms with E-state index in [1.54, 1.807) is 11.0 Å². The number of halogens is 3. The van der Waals surface area contributed by atoms with E-state index in [0.29, 0.717) is 25.9 Å². The highest BCUT2D eigenvalue weighted by Gasteiger charge is 2.30. The zero-order valence-electron chi connectivity index (χ0n) is 13.7. The number of piperidine rings is 1. The van der Waals surface area contributed by atoms with Gasteiger partial charge in [0.2, 0.25) is 5.91 Å². The van der Waals surface area contributed by atoms with Crippen LogP contribution in [0.15, 0.2) is 36.0 Å². The summed E-state index contributed by atoms with van der Waals surface area (Å²) in [6.07, 6.45) is -2.15. The highest BCUT2D eigenvalue weighted by Crippen LogP contribution is 2.30. The quantitative estimate of drug-likeness (QED) is 0.631. The number of nitriles is 1. The number of likely N-dealkylation sites (tertiary alicyclic amines) is 1. The fourth-order valence-electron chi connectivity index (χ4n) is 2.61. The summed E-state index contributed by atoms with van der Waals surface area (Å²) >= 11 is 0. The van der Waals surface area contributed by atoms with E-state index in [-0.39, 0.29) is 23.1 Å². The van der Waals surface area contributed by atoms with Crippen LogP contribution in [-0.2, 0) is 15.8 Å². The molecule has 0 bridgehead atoms. The lowest BCUT2D eigenvalue weighted by molar-refractivity contribution is -0.137. The fraction of sp³-hybridized carbons (Fsp3) is 0.353. The van der Waals surface area contributed by atoms with Gasteiger partial charge < -0.3 is 16.0 Å². The largest absolute Gasteiger partial charge is 0.416 e. The van der Waals surface area contributed by atoms with Crippen molar-refractivity contribution in [2.45, 2.75) is 19.0 Å². The minimum Gasteiger partial charge on any atom is -0.376 e. The van der Waals surface area contributed by atoms with Gasteiger partial charge in [0.25, 0.3) is 5.91 Å². The first-order valence-electron chi connectivity index (χ1n) is 7.84. The zero-order chi connectivity index (χ0) is 19.3. The van der Waals surface area contributed by atoms with Crippen molar-refractivity contribution >= 4 is 17.5 Å². The summed E-state index contributed by atoms with van der Waals surface area (Å²) in [5, 5.41) is 11.5. The summed E-state index contributed by atoms with van der Waals surface area (Å²) in [5.74, 6) is -1.41. The van der Waals surface area contributed by atoms with Gasteiger partial charge in [0, 0.05) is 30.9 Å². The van der Waals surface area contributed by atoms with Crippen molar-refractivity contribution in [1.29, 1.82) is 5.26 Å². The lowest BCUT2D eigenvalue weighted by Gasteiger charge is -2.29. The predicted octanol–water partition coefficient (Wildman–Crippen LogP) is 2.25. The maximum absolute atomic E-state index is 12.7. The smallest absolute Gasteiger partial charge is 0.376 e. The van der Waals surface area contributed by atoms with Crippen molar-refractivity contribution in [2.75, 3.05) is 18.4 Å². The molecule has 1 fully saturated rings.